The van der Waals surface area contributed by atoms with Crippen LogP contribution in [0.1, 0.15) is 24.6 Å². The predicted molar refractivity (Wildman–Crippen MR) is 77.5 cm³/mol. The lowest BCUT2D eigenvalue weighted by atomic mass is 9.97. The monoisotopic (exact) mass is 296 g/mol. The molecule has 2 heterocycles. The van der Waals surface area contributed by atoms with Crippen LogP contribution in [0.5, 0.6) is 0 Å². The molecule has 1 saturated heterocycles. The van der Waals surface area contributed by atoms with E-state index in [1.807, 2.05) is 17.5 Å². The van der Waals surface area contributed by atoms with Gasteiger partial charge in [0.05, 0.1) is 19.1 Å². The number of piperidine rings is 1. The SMILES string of the molecule is CCOC(=O)N1CCC[C@H](C(=O)NCc2cccs2)C1. The molecule has 1 aromatic heterocycles. The molecule has 0 radical (unpaired) electrons. The third kappa shape index (κ3) is 3.96. The van der Waals surface area contributed by atoms with Gasteiger partial charge in [0, 0.05) is 18.0 Å². The molecule has 1 N–H and O–H groups in total. The average molecular weight is 296 g/mol. The average Bonchev–Trinajstić information content (AvgIpc) is 2.98. The Morgan fingerprint density at radius 1 is 1.55 bits per heavy atom. The number of likely N-dealkylation sites (tertiary alicyclic amines) is 1. The number of rotatable bonds is 4. The Morgan fingerprint density at radius 3 is 3.10 bits per heavy atom. The van der Waals surface area contributed by atoms with Gasteiger partial charge in [-0.15, -0.1) is 11.3 Å². The van der Waals surface area contributed by atoms with Crippen LogP contribution in [-0.2, 0) is 16.1 Å². The van der Waals surface area contributed by atoms with Gasteiger partial charge in [0.15, 0.2) is 0 Å². The largest absolute Gasteiger partial charge is 0.450 e. The summed E-state index contributed by atoms with van der Waals surface area (Å²) in [6.45, 7) is 3.84. The number of thiophene rings is 1. The smallest absolute Gasteiger partial charge is 0.409 e. The molecule has 20 heavy (non-hydrogen) atoms. The Morgan fingerprint density at radius 2 is 2.40 bits per heavy atom. The van der Waals surface area contributed by atoms with Gasteiger partial charge < -0.3 is 15.0 Å². The Bertz CT molecular complexity index is 447. The molecule has 110 valence electrons. The summed E-state index contributed by atoms with van der Waals surface area (Å²) in [5, 5.41) is 4.93. The van der Waals surface area contributed by atoms with Crippen LogP contribution in [0.15, 0.2) is 17.5 Å². The lowest BCUT2D eigenvalue weighted by molar-refractivity contribution is -0.126. The van der Waals surface area contributed by atoms with Crippen LogP contribution in [0.4, 0.5) is 4.79 Å². The fourth-order valence-electron chi connectivity index (χ4n) is 2.30. The summed E-state index contributed by atoms with van der Waals surface area (Å²) in [4.78, 5) is 26.6. The lowest BCUT2D eigenvalue weighted by Gasteiger charge is -2.31. The van der Waals surface area contributed by atoms with Gasteiger partial charge in [-0.3, -0.25) is 4.79 Å². The Hall–Kier alpha value is -1.56. The zero-order chi connectivity index (χ0) is 14.4. The Balaban J connectivity index is 1.81. The van der Waals surface area contributed by atoms with Crippen molar-refractivity contribution in [1.29, 1.82) is 0 Å². The van der Waals surface area contributed by atoms with Crippen molar-refractivity contribution < 1.29 is 14.3 Å². The maximum atomic E-state index is 12.1. The van der Waals surface area contributed by atoms with E-state index in [2.05, 4.69) is 5.32 Å². The number of ether oxygens (including phenoxy) is 1. The first-order chi connectivity index (χ1) is 9.70. The number of amides is 2. The van der Waals surface area contributed by atoms with Crippen molar-refractivity contribution in [2.45, 2.75) is 26.3 Å². The second-order valence-electron chi connectivity index (χ2n) is 4.78. The van der Waals surface area contributed by atoms with Crippen LogP contribution in [-0.4, -0.2) is 36.6 Å². The molecule has 0 aromatic carbocycles. The fourth-order valence-corrected chi connectivity index (χ4v) is 2.95. The molecule has 0 unspecified atom stereocenters. The van der Waals surface area contributed by atoms with E-state index in [0.717, 1.165) is 17.7 Å². The van der Waals surface area contributed by atoms with Gasteiger partial charge in [0.2, 0.25) is 5.91 Å². The van der Waals surface area contributed by atoms with Crippen LogP contribution in [0.3, 0.4) is 0 Å². The van der Waals surface area contributed by atoms with Gasteiger partial charge in [0.25, 0.3) is 0 Å². The highest BCUT2D eigenvalue weighted by Gasteiger charge is 2.28. The number of carbonyl (C=O) groups excluding carboxylic acids is 2. The number of nitrogens with zero attached hydrogens (tertiary/aromatic N) is 1. The molecule has 0 saturated carbocycles. The van der Waals surface area contributed by atoms with Crippen molar-refractivity contribution in [3.63, 3.8) is 0 Å². The number of hydrogen-bond donors (Lipinski definition) is 1. The van der Waals surface area contributed by atoms with E-state index >= 15 is 0 Å². The second-order valence-corrected chi connectivity index (χ2v) is 5.81. The van der Waals surface area contributed by atoms with Crippen molar-refractivity contribution in [1.82, 2.24) is 10.2 Å². The van der Waals surface area contributed by atoms with Crippen LogP contribution in [0.2, 0.25) is 0 Å². The van der Waals surface area contributed by atoms with Crippen molar-refractivity contribution in [2.75, 3.05) is 19.7 Å². The highest BCUT2D eigenvalue weighted by Crippen LogP contribution is 2.18. The molecule has 1 aliphatic rings. The van der Waals surface area contributed by atoms with E-state index in [1.165, 1.54) is 0 Å². The molecule has 1 atom stereocenters. The molecule has 2 amide bonds. The lowest BCUT2D eigenvalue weighted by Crippen LogP contribution is -2.45. The highest BCUT2D eigenvalue weighted by molar-refractivity contribution is 7.09. The van der Waals surface area contributed by atoms with Gasteiger partial charge in [-0.1, -0.05) is 6.07 Å². The zero-order valence-corrected chi connectivity index (χ0v) is 12.4. The molecule has 1 fully saturated rings. The number of nitrogens with one attached hydrogen (secondary N) is 1. The molecule has 6 heteroatoms. The second kappa shape index (κ2) is 7.28. The standard InChI is InChI=1S/C14H20N2O3S/c1-2-19-14(18)16-7-3-5-11(10-16)13(17)15-9-12-6-4-8-20-12/h4,6,8,11H,2-3,5,7,9-10H2,1H3,(H,15,17)/t11-/m0/s1. The third-order valence-electron chi connectivity index (χ3n) is 3.34. The molecule has 0 spiro atoms. The summed E-state index contributed by atoms with van der Waals surface area (Å²) in [5.74, 6) is -0.111. The molecule has 0 bridgehead atoms. The van der Waals surface area contributed by atoms with E-state index in [-0.39, 0.29) is 17.9 Å². The number of carbonyl (C=O) groups is 2. The fraction of sp³-hybridized carbons (Fsp3) is 0.571. The topological polar surface area (TPSA) is 58.6 Å². The van der Waals surface area contributed by atoms with Crippen molar-refractivity contribution >= 4 is 23.3 Å². The maximum absolute atomic E-state index is 12.1. The minimum Gasteiger partial charge on any atom is -0.450 e. The van der Waals surface area contributed by atoms with Crippen LogP contribution in [0, 0.1) is 5.92 Å². The first kappa shape index (κ1) is 14.8. The van der Waals surface area contributed by atoms with Crippen LogP contribution in [0.25, 0.3) is 0 Å². The van der Waals surface area contributed by atoms with Crippen molar-refractivity contribution in [3.8, 4) is 0 Å². The normalized spacial score (nSPS) is 18.6. The first-order valence-electron chi connectivity index (χ1n) is 6.92. The Kier molecular flexibility index (Phi) is 5.40. The summed E-state index contributed by atoms with van der Waals surface area (Å²) >= 11 is 1.62. The van der Waals surface area contributed by atoms with Gasteiger partial charge in [-0.2, -0.15) is 0 Å². The zero-order valence-electron chi connectivity index (χ0n) is 11.6. The van der Waals surface area contributed by atoms with E-state index in [1.54, 1.807) is 23.2 Å². The van der Waals surface area contributed by atoms with Gasteiger partial charge in [0.1, 0.15) is 0 Å². The maximum Gasteiger partial charge on any atom is 0.409 e. The van der Waals surface area contributed by atoms with E-state index in [0.29, 0.717) is 26.2 Å². The molecule has 2 rings (SSSR count). The quantitative estimate of drug-likeness (QED) is 0.927. The van der Waals surface area contributed by atoms with Crippen molar-refractivity contribution in [3.05, 3.63) is 22.4 Å². The summed E-state index contributed by atoms with van der Waals surface area (Å²) in [6.07, 6.45) is 1.35. The molecule has 0 aliphatic carbocycles. The minimum atomic E-state index is -0.316. The molecule has 5 nitrogen and oxygen atoms in total. The van der Waals surface area contributed by atoms with Gasteiger partial charge in [-0.25, -0.2) is 4.79 Å². The van der Waals surface area contributed by atoms with E-state index in [9.17, 15) is 9.59 Å². The molecule has 1 aliphatic heterocycles. The van der Waals surface area contributed by atoms with Crippen LogP contribution < -0.4 is 5.32 Å². The minimum absolute atomic E-state index is 0.0207. The molecular formula is C14H20N2O3S. The first-order valence-corrected chi connectivity index (χ1v) is 7.80. The Labute approximate surface area is 122 Å². The predicted octanol–water partition coefficient (Wildman–Crippen LogP) is 2.23. The van der Waals surface area contributed by atoms with E-state index in [4.69, 9.17) is 4.74 Å². The molecular weight excluding hydrogens is 276 g/mol. The third-order valence-corrected chi connectivity index (χ3v) is 4.21. The number of hydrogen-bond acceptors (Lipinski definition) is 4. The summed E-state index contributed by atoms with van der Waals surface area (Å²) in [7, 11) is 0. The van der Waals surface area contributed by atoms with Crippen LogP contribution >= 0.6 is 11.3 Å². The molecule has 1 aromatic rings. The summed E-state index contributed by atoms with van der Waals surface area (Å²) in [6, 6.07) is 3.96. The highest BCUT2D eigenvalue weighted by atomic mass is 32.1. The van der Waals surface area contributed by atoms with Gasteiger partial charge >= 0.3 is 6.09 Å². The van der Waals surface area contributed by atoms with Crippen molar-refractivity contribution in [2.24, 2.45) is 5.92 Å². The van der Waals surface area contributed by atoms with E-state index < -0.39 is 0 Å². The summed E-state index contributed by atoms with van der Waals surface area (Å²) in [5.41, 5.74) is 0. The van der Waals surface area contributed by atoms with Gasteiger partial charge in [-0.05, 0) is 31.2 Å². The summed E-state index contributed by atoms with van der Waals surface area (Å²) < 4.78 is 4.99.